The number of nitrogens with zero attached hydrogens (tertiary/aromatic N) is 1. The fourth-order valence-corrected chi connectivity index (χ4v) is 4.76. The van der Waals surface area contributed by atoms with Gasteiger partial charge in [0.25, 0.3) is 0 Å². The molecule has 5 heteroatoms. The Morgan fingerprint density at radius 3 is 1.78 bits per heavy atom. The third-order valence-corrected chi connectivity index (χ3v) is 6.29. The Balaban J connectivity index is 1.98. The van der Waals surface area contributed by atoms with Crippen molar-refractivity contribution in [3.8, 4) is 23.0 Å². The van der Waals surface area contributed by atoms with Crippen molar-refractivity contribution in [2.45, 2.75) is 31.3 Å². The summed E-state index contributed by atoms with van der Waals surface area (Å²) in [5, 5.41) is 0. The Bertz CT molecular complexity index is 879. The van der Waals surface area contributed by atoms with Gasteiger partial charge in [-0.25, -0.2) is 0 Å². The molecule has 5 rings (SSSR count). The van der Waals surface area contributed by atoms with E-state index < -0.39 is 0 Å². The van der Waals surface area contributed by atoms with Crippen molar-refractivity contribution in [3.05, 3.63) is 46.5 Å². The average Bonchev–Trinajstić information content (AvgIpc) is 2.89. The Hall–Kier alpha value is -2.40. The average molecular weight is 369 g/mol. The Morgan fingerprint density at radius 2 is 1.22 bits per heavy atom. The van der Waals surface area contributed by atoms with Gasteiger partial charge in [0.05, 0.1) is 28.4 Å². The number of benzene rings is 2. The maximum atomic E-state index is 5.60. The first kappa shape index (κ1) is 18.0. The molecule has 2 bridgehead atoms. The van der Waals surface area contributed by atoms with Crippen molar-refractivity contribution < 1.29 is 18.9 Å². The van der Waals surface area contributed by atoms with Crippen LogP contribution in [0.1, 0.15) is 41.1 Å². The normalized spacial score (nSPS) is 23.3. The maximum Gasteiger partial charge on any atom is 0.161 e. The topological polar surface area (TPSA) is 40.2 Å². The highest BCUT2D eigenvalue weighted by atomic mass is 16.5. The summed E-state index contributed by atoms with van der Waals surface area (Å²) < 4.78 is 22.3. The first-order valence-corrected chi connectivity index (χ1v) is 9.26. The molecule has 27 heavy (non-hydrogen) atoms. The zero-order chi connectivity index (χ0) is 19.3. The zero-order valence-corrected chi connectivity index (χ0v) is 16.8. The molecule has 0 unspecified atom stereocenters. The quantitative estimate of drug-likeness (QED) is 0.820. The van der Waals surface area contributed by atoms with Gasteiger partial charge in [0.15, 0.2) is 23.0 Å². The fourth-order valence-electron chi connectivity index (χ4n) is 4.76. The van der Waals surface area contributed by atoms with Crippen LogP contribution in [0.2, 0.25) is 0 Å². The van der Waals surface area contributed by atoms with Gasteiger partial charge < -0.3 is 18.9 Å². The number of methoxy groups -OCH3 is 4. The lowest BCUT2D eigenvalue weighted by molar-refractivity contribution is 0.159. The summed E-state index contributed by atoms with van der Waals surface area (Å²) in [5.41, 5.74) is 5.25. The van der Waals surface area contributed by atoms with Gasteiger partial charge in [-0.05, 0) is 66.9 Å². The fraction of sp³-hybridized carbons (Fsp3) is 0.455. The maximum absolute atomic E-state index is 5.60. The van der Waals surface area contributed by atoms with Crippen molar-refractivity contribution in [3.63, 3.8) is 0 Å². The van der Waals surface area contributed by atoms with Gasteiger partial charge in [0.2, 0.25) is 0 Å². The SMILES string of the molecule is COc1cc2c(cc1OC)[C@@H]1c3cc(OC)c(OC)cc3[C@@H](C2)N(C)[C@H]1C. The molecule has 0 amide bonds. The summed E-state index contributed by atoms with van der Waals surface area (Å²) in [6.45, 7) is 2.29. The molecule has 3 aliphatic rings. The van der Waals surface area contributed by atoms with Crippen LogP contribution in [0.15, 0.2) is 24.3 Å². The van der Waals surface area contributed by atoms with Crippen LogP contribution < -0.4 is 18.9 Å². The molecule has 0 saturated carbocycles. The lowest BCUT2D eigenvalue weighted by atomic mass is 9.79. The monoisotopic (exact) mass is 369 g/mol. The van der Waals surface area contributed by atoms with Crippen LogP contribution in [-0.4, -0.2) is 46.4 Å². The van der Waals surface area contributed by atoms with E-state index in [1.807, 2.05) is 0 Å². The number of hydrogen-bond donors (Lipinski definition) is 0. The standard InChI is InChI=1S/C22H27NO4/c1-12-22-14-9-19(25-4)18(24-3)8-13(14)7-17(23(12)2)15-10-20(26-5)21(27-6)11-16(15)22/h8-12,17,22H,7H2,1-6H3/t12-,17+,22+/m0/s1. The molecule has 144 valence electrons. The smallest absolute Gasteiger partial charge is 0.161 e. The van der Waals surface area contributed by atoms with E-state index in [-0.39, 0.29) is 12.0 Å². The second-order valence-corrected chi connectivity index (χ2v) is 7.35. The van der Waals surface area contributed by atoms with Gasteiger partial charge in [0.1, 0.15) is 0 Å². The van der Waals surface area contributed by atoms with Crippen LogP contribution in [0.25, 0.3) is 0 Å². The molecular weight excluding hydrogens is 342 g/mol. The second kappa shape index (κ2) is 6.64. The Kier molecular flexibility index (Phi) is 4.42. The Morgan fingerprint density at radius 1 is 0.741 bits per heavy atom. The predicted molar refractivity (Wildman–Crippen MR) is 105 cm³/mol. The summed E-state index contributed by atoms with van der Waals surface area (Å²) in [7, 11) is 8.97. The molecule has 3 atom stereocenters. The summed E-state index contributed by atoms with van der Waals surface area (Å²) in [6.07, 6.45) is 0.926. The van der Waals surface area contributed by atoms with Crippen LogP contribution in [0.4, 0.5) is 0 Å². The predicted octanol–water partition coefficient (Wildman–Crippen LogP) is 3.78. The summed E-state index contributed by atoms with van der Waals surface area (Å²) >= 11 is 0. The number of rotatable bonds is 4. The van der Waals surface area contributed by atoms with Gasteiger partial charge in [-0.2, -0.15) is 0 Å². The largest absolute Gasteiger partial charge is 0.493 e. The minimum atomic E-state index is 0.235. The summed E-state index contributed by atoms with van der Waals surface area (Å²) in [6, 6.07) is 9.23. The summed E-state index contributed by atoms with van der Waals surface area (Å²) in [4.78, 5) is 2.47. The van der Waals surface area contributed by atoms with Crippen LogP contribution in [0, 0.1) is 0 Å². The van der Waals surface area contributed by atoms with Crippen LogP contribution in [0.5, 0.6) is 23.0 Å². The van der Waals surface area contributed by atoms with E-state index >= 15 is 0 Å². The number of likely N-dealkylation sites (N-methyl/N-ethyl adjacent to an activating group) is 1. The van der Waals surface area contributed by atoms with E-state index in [9.17, 15) is 0 Å². The highest BCUT2D eigenvalue weighted by Gasteiger charge is 2.43. The highest BCUT2D eigenvalue weighted by Crippen LogP contribution is 2.52. The number of hydrogen-bond acceptors (Lipinski definition) is 5. The minimum absolute atomic E-state index is 0.235. The van der Waals surface area contributed by atoms with Gasteiger partial charge >= 0.3 is 0 Å². The Labute approximate surface area is 160 Å². The zero-order valence-electron chi connectivity index (χ0n) is 16.8. The van der Waals surface area contributed by atoms with E-state index in [1.165, 1.54) is 22.3 Å². The van der Waals surface area contributed by atoms with Crippen molar-refractivity contribution in [2.75, 3.05) is 35.5 Å². The van der Waals surface area contributed by atoms with Gasteiger partial charge in [-0.3, -0.25) is 4.90 Å². The van der Waals surface area contributed by atoms with Crippen LogP contribution in [-0.2, 0) is 6.42 Å². The molecule has 0 radical (unpaired) electrons. The molecule has 0 aromatic heterocycles. The molecule has 2 heterocycles. The molecule has 0 fully saturated rings. The van der Waals surface area contributed by atoms with Crippen molar-refractivity contribution in [1.82, 2.24) is 4.90 Å². The minimum Gasteiger partial charge on any atom is -0.493 e. The third-order valence-electron chi connectivity index (χ3n) is 6.29. The second-order valence-electron chi connectivity index (χ2n) is 7.35. The van der Waals surface area contributed by atoms with Crippen molar-refractivity contribution in [1.29, 1.82) is 0 Å². The van der Waals surface area contributed by atoms with E-state index in [4.69, 9.17) is 18.9 Å². The van der Waals surface area contributed by atoms with Crippen LogP contribution in [0.3, 0.4) is 0 Å². The first-order chi connectivity index (χ1) is 13.0. The first-order valence-electron chi connectivity index (χ1n) is 9.26. The van der Waals surface area contributed by atoms with Crippen molar-refractivity contribution >= 4 is 0 Å². The molecule has 5 nitrogen and oxygen atoms in total. The number of ether oxygens (including phenoxy) is 4. The van der Waals surface area contributed by atoms with Crippen LogP contribution >= 0.6 is 0 Å². The molecule has 2 aromatic carbocycles. The van der Waals surface area contributed by atoms with E-state index in [2.05, 4.69) is 43.1 Å². The van der Waals surface area contributed by atoms with Gasteiger partial charge in [-0.15, -0.1) is 0 Å². The lowest BCUT2D eigenvalue weighted by Crippen LogP contribution is -2.41. The van der Waals surface area contributed by atoms with E-state index in [0.29, 0.717) is 6.04 Å². The summed E-state index contributed by atoms with van der Waals surface area (Å²) in [5.74, 6) is 3.36. The van der Waals surface area contributed by atoms with E-state index in [1.54, 1.807) is 28.4 Å². The van der Waals surface area contributed by atoms with E-state index in [0.717, 1.165) is 29.4 Å². The molecule has 0 saturated heterocycles. The molecule has 2 aliphatic heterocycles. The molecular formula is C22H27NO4. The molecule has 2 aromatic rings. The van der Waals surface area contributed by atoms with Crippen molar-refractivity contribution in [2.24, 2.45) is 0 Å². The molecule has 1 aliphatic carbocycles. The third kappa shape index (κ3) is 2.56. The highest BCUT2D eigenvalue weighted by molar-refractivity contribution is 5.59. The van der Waals surface area contributed by atoms with Gasteiger partial charge in [0, 0.05) is 18.0 Å². The molecule has 0 N–H and O–H groups in total. The molecule has 0 spiro atoms. The lowest BCUT2D eigenvalue weighted by Gasteiger charge is -2.42. The van der Waals surface area contributed by atoms with Gasteiger partial charge in [-0.1, -0.05) is 0 Å². The number of fused-ring (bicyclic) bond motifs is 1.